The van der Waals surface area contributed by atoms with Gasteiger partial charge in [0.25, 0.3) is 11.4 Å². The van der Waals surface area contributed by atoms with Gasteiger partial charge in [0.05, 0.1) is 5.56 Å². The van der Waals surface area contributed by atoms with Crippen molar-refractivity contribution in [2.24, 2.45) is 0 Å². The molecule has 0 fully saturated rings. The van der Waals surface area contributed by atoms with E-state index in [1.54, 1.807) is 29.0 Å². The first kappa shape index (κ1) is 18.9. The lowest BCUT2D eigenvalue weighted by atomic mass is 10.1. The quantitative estimate of drug-likeness (QED) is 0.397. The van der Waals surface area contributed by atoms with Gasteiger partial charge in [-0.2, -0.15) is 4.98 Å². The number of nitrogens with zero attached hydrogens (tertiary/aromatic N) is 3. The summed E-state index contributed by atoms with van der Waals surface area (Å²) in [5.41, 5.74) is 2.95. The van der Waals surface area contributed by atoms with Crippen molar-refractivity contribution in [1.29, 1.82) is 0 Å². The fourth-order valence-electron chi connectivity index (χ4n) is 3.62. The molecular weight excluding hydrogens is 393 g/mol. The number of benzene rings is 3. The van der Waals surface area contributed by atoms with Crippen LogP contribution in [0.4, 0.5) is 4.39 Å². The van der Waals surface area contributed by atoms with Crippen molar-refractivity contribution in [2.75, 3.05) is 0 Å². The minimum atomic E-state index is -0.377. The number of aryl methyl sites for hydroxylation is 1. The Morgan fingerprint density at radius 2 is 1.74 bits per heavy atom. The standard InChI is InChI=1S/C25H18FN3O2/c1-2-16-10-12-19(13-11-16)29-15-22(20-8-3-4-9-21(20)25(29)30)24-27-23(28-31-24)17-6-5-7-18(26)14-17/h3-15H,2H2,1H3. The molecule has 5 aromatic rings. The summed E-state index contributed by atoms with van der Waals surface area (Å²) >= 11 is 0. The molecular formula is C25H18FN3O2. The Bertz CT molecular complexity index is 1450. The van der Waals surface area contributed by atoms with Gasteiger partial charge in [-0.1, -0.05) is 54.5 Å². The van der Waals surface area contributed by atoms with Crippen molar-refractivity contribution >= 4 is 10.8 Å². The maximum Gasteiger partial charge on any atom is 0.262 e. The summed E-state index contributed by atoms with van der Waals surface area (Å²) in [6.45, 7) is 2.08. The molecule has 152 valence electrons. The van der Waals surface area contributed by atoms with Crippen LogP contribution in [0.1, 0.15) is 12.5 Å². The summed E-state index contributed by atoms with van der Waals surface area (Å²) in [6.07, 6.45) is 2.64. The normalized spacial score (nSPS) is 11.2. The molecule has 0 unspecified atom stereocenters. The number of rotatable bonds is 4. The molecule has 3 aromatic carbocycles. The minimum absolute atomic E-state index is 0.131. The van der Waals surface area contributed by atoms with Gasteiger partial charge in [-0.25, -0.2) is 4.39 Å². The van der Waals surface area contributed by atoms with Gasteiger partial charge in [0.2, 0.25) is 5.82 Å². The summed E-state index contributed by atoms with van der Waals surface area (Å²) in [5.74, 6) is 0.163. The van der Waals surface area contributed by atoms with Crippen LogP contribution in [-0.2, 0) is 6.42 Å². The van der Waals surface area contributed by atoms with E-state index >= 15 is 0 Å². The third kappa shape index (κ3) is 3.42. The van der Waals surface area contributed by atoms with Gasteiger partial charge < -0.3 is 4.52 Å². The van der Waals surface area contributed by atoms with Crippen LogP contribution < -0.4 is 5.56 Å². The fourth-order valence-corrected chi connectivity index (χ4v) is 3.62. The van der Waals surface area contributed by atoms with Gasteiger partial charge in [0, 0.05) is 28.2 Å². The minimum Gasteiger partial charge on any atom is -0.334 e. The SMILES string of the molecule is CCc1ccc(-n2cc(-c3nc(-c4cccc(F)c4)no3)c3ccccc3c2=O)cc1. The van der Waals surface area contributed by atoms with E-state index in [9.17, 15) is 9.18 Å². The second-order valence-corrected chi connectivity index (χ2v) is 7.22. The number of pyridine rings is 1. The van der Waals surface area contributed by atoms with E-state index in [4.69, 9.17) is 4.52 Å². The zero-order valence-electron chi connectivity index (χ0n) is 16.7. The van der Waals surface area contributed by atoms with Gasteiger partial charge in [0.1, 0.15) is 5.82 Å². The molecule has 0 radical (unpaired) electrons. The molecule has 6 heteroatoms. The Kier molecular flexibility index (Phi) is 4.67. The molecule has 2 aromatic heterocycles. The average Bonchev–Trinajstić information content (AvgIpc) is 3.30. The zero-order valence-corrected chi connectivity index (χ0v) is 16.7. The molecule has 31 heavy (non-hydrogen) atoms. The average molecular weight is 411 g/mol. The first-order valence-electron chi connectivity index (χ1n) is 9.98. The summed E-state index contributed by atoms with van der Waals surface area (Å²) in [4.78, 5) is 17.7. The van der Waals surface area contributed by atoms with Crippen molar-refractivity contribution in [3.05, 3.63) is 101 Å². The highest BCUT2D eigenvalue weighted by molar-refractivity contribution is 5.94. The Morgan fingerprint density at radius 1 is 0.968 bits per heavy atom. The fraction of sp³-hybridized carbons (Fsp3) is 0.0800. The van der Waals surface area contributed by atoms with Crippen molar-refractivity contribution in [1.82, 2.24) is 14.7 Å². The van der Waals surface area contributed by atoms with Crippen LogP contribution in [0.15, 0.2) is 88.3 Å². The molecule has 5 nitrogen and oxygen atoms in total. The Hall–Kier alpha value is -4.06. The van der Waals surface area contributed by atoms with E-state index < -0.39 is 0 Å². The second kappa shape index (κ2) is 7.65. The Labute approximate surface area is 177 Å². The highest BCUT2D eigenvalue weighted by Gasteiger charge is 2.17. The lowest BCUT2D eigenvalue weighted by Gasteiger charge is -2.11. The highest BCUT2D eigenvalue weighted by Crippen LogP contribution is 2.28. The Balaban J connectivity index is 1.70. The highest BCUT2D eigenvalue weighted by atomic mass is 19.1. The Morgan fingerprint density at radius 3 is 2.48 bits per heavy atom. The van der Waals surface area contributed by atoms with Gasteiger partial charge in [-0.15, -0.1) is 0 Å². The molecule has 0 amide bonds. The maximum absolute atomic E-state index is 13.6. The maximum atomic E-state index is 13.6. The van der Waals surface area contributed by atoms with Gasteiger partial charge in [-0.05, 0) is 42.3 Å². The van der Waals surface area contributed by atoms with Crippen molar-refractivity contribution in [2.45, 2.75) is 13.3 Å². The van der Waals surface area contributed by atoms with E-state index in [-0.39, 0.29) is 23.1 Å². The van der Waals surface area contributed by atoms with Crippen LogP contribution in [0, 0.1) is 5.82 Å². The third-order valence-electron chi connectivity index (χ3n) is 5.29. The largest absolute Gasteiger partial charge is 0.334 e. The third-order valence-corrected chi connectivity index (χ3v) is 5.29. The second-order valence-electron chi connectivity index (χ2n) is 7.22. The predicted molar refractivity (Wildman–Crippen MR) is 118 cm³/mol. The molecule has 0 aliphatic rings. The molecule has 0 atom stereocenters. The van der Waals surface area contributed by atoms with E-state index in [0.29, 0.717) is 21.9 Å². The molecule has 0 saturated heterocycles. The number of fused-ring (bicyclic) bond motifs is 1. The molecule has 0 bridgehead atoms. The molecule has 0 spiro atoms. The van der Waals surface area contributed by atoms with Gasteiger partial charge in [-0.3, -0.25) is 9.36 Å². The van der Waals surface area contributed by atoms with Crippen LogP contribution in [0.5, 0.6) is 0 Å². The van der Waals surface area contributed by atoms with Crippen molar-refractivity contribution in [3.8, 4) is 28.5 Å². The molecule has 0 N–H and O–H groups in total. The van der Waals surface area contributed by atoms with Crippen LogP contribution in [0.2, 0.25) is 0 Å². The van der Waals surface area contributed by atoms with Crippen LogP contribution >= 0.6 is 0 Å². The molecule has 5 rings (SSSR count). The number of aromatic nitrogens is 3. The van der Waals surface area contributed by atoms with Crippen molar-refractivity contribution in [3.63, 3.8) is 0 Å². The van der Waals surface area contributed by atoms with E-state index in [0.717, 1.165) is 12.1 Å². The lowest BCUT2D eigenvalue weighted by molar-refractivity contribution is 0.432. The van der Waals surface area contributed by atoms with Gasteiger partial charge in [0.15, 0.2) is 0 Å². The van der Waals surface area contributed by atoms with Crippen molar-refractivity contribution < 1.29 is 8.91 Å². The predicted octanol–water partition coefficient (Wildman–Crippen LogP) is 5.41. The topological polar surface area (TPSA) is 60.9 Å². The zero-order chi connectivity index (χ0) is 21.4. The summed E-state index contributed by atoms with van der Waals surface area (Å²) in [6, 6.07) is 21.2. The molecule has 0 saturated carbocycles. The first-order chi connectivity index (χ1) is 15.1. The van der Waals surface area contributed by atoms with Crippen LogP contribution in [-0.4, -0.2) is 14.7 Å². The molecule has 0 aliphatic carbocycles. The number of halogens is 1. The smallest absolute Gasteiger partial charge is 0.262 e. The van der Waals surface area contributed by atoms with Gasteiger partial charge >= 0.3 is 0 Å². The van der Waals surface area contributed by atoms with E-state index in [1.165, 1.54) is 17.7 Å². The number of hydrogen-bond donors (Lipinski definition) is 0. The molecule has 2 heterocycles. The monoisotopic (exact) mass is 411 g/mol. The summed E-state index contributed by atoms with van der Waals surface area (Å²) < 4.78 is 20.7. The summed E-state index contributed by atoms with van der Waals surface area (Å²) in [5, 5.41) is 5.28. The van der Waals surface area contributed by atoms with E-state index in [2.05, 4.69) is 17.1 Å². The first-order valence-corrected chi connectivity index (χ1v) is 9.98. The molecule has 0 aliphatic heterocycles. The van der Waals surface area contributed by atoms with Crippen LogP contribution in [0.3, 0.4) is 0 Å². The van der Waals surface area contributed by atoms with E-state index in [1.807, 2.05) is 42.5 Å². The lowest BCUT2D eigenvalue weighted by Crippen LogP contribution is -2.18. The number of hydrogen-bond acceptors (Lipinski definition) is 4. The van der Waals surface area contributed by atoms with Crippen LogP contribution in [0.25, 0.3) is 39.3 Å². The summed E-state index contributed by atoms with van der Waals surface area (Å²) in [7, 11) is 0.